The SMILES string of the molecule is COc1cc(OCCCO)c(F)c(C(Nc2ccc(C(=N)N)cc2)c2nn(-c3ncsc3C(=O)OC(=O)C(F)(F)F)c(=O)[nH]2)c1. The van der Waals surface area contributed by atoms with Gasteiger partial charge in [-0.3, -0.25) is 10.4 Å². The largest absolute Gasteiger partial charge is 0.497 e. The second-order valence-electron chi connectivity index (χ2n) is 8.93. The van der Waals surface area contributed by atoms with Gasteiger partial charge < -0.3 is 30.4 Å². The number of nitrogens with one attached hydrogen (secondary N) is 3. The summed E-state index contributed by atoms with van der Waals surface area (Å²) in [6.45, 7) is -0.260. The predicted octanol–water partition coefficient (Wildman–Crippen LogP) is 2.66. The summed E-state index contributed by atoms with van der Waals surface area (Å²) in [7, 11) is 1.32. The lowest BCUT2D eigenvalue weighted by Gasteiger charge is -2.21. The molecular formula is C26H23F4N7O7S. The number of thiazole rings is 1. The van der Waals surface area contributed by atoms with Gasteiger partial charge in [0, 0.05) is 35.9 Å². The number of nitrogen functional groups attached to an aromatic ring is 1. The Morgan fingerprint density at radius 3 is 2.58 bits per heavy atom. The molecule has 1 atom stereocenters. The van der Waals surface area contributed by atoms with E-state index in [4.69, 9.17) is 25.7 Å². The van der Waals surface area contributed by atoms with Crippen molar-refractivity contribution in [3.63, 3.8) is 0 Å². The summed E-state index contributed by atoms with van der Waals surface area (Å²) in [5.74, 6) is -6.53. The van der Waals surface area contributed by atoms with Gasteiger partial charge in [-0.1, -0.05) is 0 Å². The van der Waals surface area contributed by atoms with Crippen molar-refractivity contribution in [2.45, 2.75) is 18.6 Å². The number of hydrogen-bond donors (Lipinski definition) is 5. The standard InChI is InChI=1S/C26H23F4N7O7S/c1-42-14-9-15(17(27)16(10-14)43-8-2-7-38)18(34-13-5-3-12(4-6-13)20(31)32)21-35-25(41)37(36-21)22-19(45-11-33-22)23(39)44-24(40)26(28,29)30/h3-6,9-11,18,34,38H,2,7-8H2,1H3,(H3,31,32)(H,35,36,41). The van der Waals surface area contributed by atoms with Crippen LogP contribution in [0.15, 0.2) is 46.7 Å². The quantitative estimate of drug-likeness (QED) is 0.0375. The van der Waals surface area contributed by atoms with Crippen molar-refractivity contribution in [1.82, 2.24) is 19.7 Å². The highest BCUT2D eigenvalue weighted by atomic mass is 32.1. The summed E-state index contributed by atoms with van der Waals surface area (Å²) in [6.07, 6.45) is -5.26. The van der Waals surface area contributed by atoms with E-state index in [1.54, 1.807) is 0 Å². The molecule has 4 rings (SSSR count). The van der Waals surface area contributed by atoms with E-state index in [-0.39, 0.29) is 48.4 Å². The number of amidine groups is 1. The highest BCUT2D eigenvalue weighted by molar-refractivity contribution is 7.12. The van der Waals surface area contributed by atoms with Crippen LogP contribution in [-0.4, -0.2) is 69.1 Å². The van der Waals surface area contributed by atoms with Crippen LogP contribution < -0.4 is 26.2 Å². The van der Waals surface area contributed by atoms with Gasteiger partial charge in [0.2, 0.25) is 0 Å². The van der Waals surface area contributed by atoms with E-state index in [0.717, 1.165) is 5.51 Å². The minimum Gasteiger partial charge on any atom is -0.497 e. The lowest BCUT2D eigenvalue weighted by atomic mass is 10.0. The van der Waals surface area contributed by atoms with Crippen LogP contribution in [0, 0.1) is 11.2 Å². The fourth-order valence-electron chi connectivity index (χ4n) is 3.81. The number of carbonyl (C=O) groups is 2. The predicted molar refractivity (Wildman–Crippen MR) is 149 cm³/mol. The first kappa shape index (κ1) is 32.6. The molecular weight excluding hydrogens is 630 g/mol. The summed E-state index contributed by atoms with van der Waals surface area (Å²) >= 11 is 0.480. The van der Waals surface area contributed by atoms with Gasteiger partial charge in [0.1, 0.15) is 17.6 Å². The number of nitrogens with zero attached hydrogens (tertiary/aromatic N) is 3. The Morgan fingerprint density at radius 2 is 1.96 bits per heavy atom. The number of aromatic nitrogens is 4. The van der Waals surface area contributed by atoms with Crippen molar-refractivity contribution in [3.05, 3.63) is 80.0 Å². The average Bonchev–Trinajstić information content (AvgIpc) is 3.63. The summed E-state index contributed by atoms with van der Waals surface area (Å²) in [6, 6.07) is 7.28. The number of nitrogens with two attached hydrogens (primary N) is 1. The number of benzene rings is 2. The molecule has 19 heteroatoms. The first-order chi connectivity index (χ1) is 21.3. The monoisotopic (exact) mass is 653 g/mol. The lowest BCUT2D eigenvalue weighted by Crippen LogP contribution is -2.28. The number of H-pyrrole nitrogens is 1. The third kappa shape index (κ3) is 7.44. The summed E-state index contributed by atoms with van der Waals surface area (Å²) in [5, 5.41) is 23.8. The molecule has 0 saturated heterocycles. The minimum absolute atomic E-state index is 0.0460. The fraction of sp³-hybridized carbons (Fsp3) is 0.231. The van der Waals surface area contributed by atoms with Gasteiger partial charge in [-0.05, 0) is 30.3 Å². The fourth-order valence-corrected chi connectivity index (χ4v) is 4.45. The molecule has 1 unspecified atom stereocenters. The molecule has 0 saturated carbocycles. The summed E-state index contributed by atoms with van der Waals surface area (Å²) in [5.41, 5.74) is 6.06. The molecule has 0 radical (unpaired) electrons. The van der Waals surface area contributed by atoms with Gasteiger partial charge in [-0.25, -0.2) is 23.8 Å². The number of aliphatic hydroxyl groups is 1. The molecule has 0 fully saturated rings. The number of alkyl halides is 3. The molecule has 14 nitrogen and oxygen atoms in total. The molecule has 0 aliphatic rings. The number of halogens is 4. The number of hydrogen-bond acceptors (Lipinski definition) is 12. The third-order valence-electron chi connectivity index (χ3n) is 5.91. The Balaban J connectivity index is 1.81. The van der Waals surface area contributed by atoms with Crippen molar-refractivity contribution >= 4 is 34.8 Å². The zero-order valence-corrected chi connectivity index (χ0v) is 23.8. The Labute approximate surface area is 253 Å². The van der Waals surface area contributed by atoms with Crippen LogP contribution in [0.4, 0.5) is 23.2 Å². The maximum Gasteiger partial charge on any atom is 0.491 e. The van der Waals surface area contributed by atoms with E-state index in [1.165, 1.54) is 43.5 Å². The van der Waals surface area contributed by atoms with Crippen LogP contribution in [0.2, 0.25) is 0 Å². The zero-order chi connectivity index (χ0) is 32.9. The topological polar surface area (TPSA) is 208 Å². The van der Waals surface area contributed by atoms with Crippen LogP contribution >= 0.6 is 11.3 Å². The first-order valence-corrected chi connectivity index (χ1v) is 13.5. The average molecular weight is 654 g/mol. The number of esters is 2. The van der Waals surface area contributed by atoms with Crippen LogP contribution in [0.5, 0.6) is 11.5 Å². The first-order valence-electron chi connectivity index (χ1n) is 12.6. The van der Waals surface area contributed by atoms with Crippen molar-refractivity contribution in [2.75, 3.05) is 25.6 Å². The van der Waals surface area contributed by atoms with Gasteiger partial charge in [0.15, 0.2) is 28.1 Å². The normalized spacial score (nSPS) is 12.0. The Hall–Kier alpha value is -5.30. The van der Waals surface area contributed by atoms with Crippen LogP contribution in [0.1, 0.15) is 39.1 Å². The van der Waals surface area contributed by atoms with Crippen LogP contribution in [0.25, 0.3) is 5.82 Å². The Morgan fingerprint density at radius 1 is 1.24 bits per heavy atom. The number of carbonyl (C=O) groups excluding carboxylic acids is 2. The molecule has 0 amide bonds. The number of aliphatic hydroxyl groups excluding tert-OH is 1. The molecule has 2 aromatic heterocycles. The number of aromatic amines is 1. The van der Waals surface area contributed by atoms with Crippen molar-refractivity contribution in [2.24, 2.45) is 5.73 Å². The van der Waals surface area contributed by atoms with Crippen LogP contribution in [-0.2, 0) is 9.53 Å². The van der Waals surface area contributed by atoms with Crippen molar-refractivity contribution < 1.29 is 46.5 Å². The van der Waals surface area contributed by atoms with Crippen LogP contribution in [0.3, 0.4) is 0 Å². The summed E-state index contributed by atoms with van der Waals surface area (Å²) in [4.78, 5) is 42.2. The smallest absolute Gasteiger partial charge is 0.491 e. The molecule has 45 heavy (non-hydrogen) atoms. The van der Waals surface area contributed by atoms with E-state index < -0.39 is 46.4 Å². The highest BCUT2D eigenvalue weighted by Crippen LogP contribution is 2.35. The highest BCUT2D eigenvalue weighted by Gasteiger charge is 2.43. The van der Waals surface area contributed by atoms with E-state index in [2.05, 4.69) is 25.1 Å². The Bertz CT molecular complexity index is 1770. The minimum atomic E-state index is -5.46. The molecule has 0 bridgehead atoms. The van der Waals surface area contributed by atoms with E-state index in [1.807, 2.05) is 0 Å². The third-order valence-corrected chi connectivity index (χ3v) is 6.71. The Kier molecular flexibility index (Phi) is 9.82. The molecule has 0 aliphatic heterocycles. The number of rotatable bonds is 12. The van der Waals surface area contributed by atoms with E-state index in [9.17, 15) is 27.6 Å². The number of methoxy groups -OCH3 is 1. The number of anilines is 1. The molecule has 0 spiro atoms. The molecule has 2 heterocycles. The number of ether oxygens (including phenoxy) is 3. The molecule has 4 aromatic rings. The second-order valence-corrected chi connectivity index (χ2v) is 9.78. The van der Waals surface area contributed by atoms with Crippen molar-refractivity contribution in [3.8, 4) is 17.3 Å². The molecule has 6 N–H and O–H groups in total. The van der Waals surface area contributed by atoms with Gasteiger partial charge in [-0.2, -0.15) is 17.9 Å². The molecule has 2 aromatic carbocycles. The van der Waals surface area contributed by atoms with Gasteiger partial charge in [-0.15, -0.1) is 16.4 Å². The van der Waals surface area contributed by atoms with Gasteiger partial charge in [0.05, 0.1) is 19.2 Å². The zero-order valence-electron chi connectivity index (χ0n) is 23.0. The summed E-state index contributed by atoms with van der Waals surface area (Å²) < 4.78 is 69.0. The second kappa shape index (κ2) is 13.6. The lowest BCUT2D eigenvalue weighted by molar-refractivity contribution is -0.193. The van der Waals surface area contributed by atoms with E-state index in [0.29, 0.717) is 27.3 Å². The van der Waals surface area contributed by atoms with Gasteiger partial charge >= 0.3 is 23.8 Å². The van der Waals surface area contributed by atoms with Gasteiger partial charge in [0.25, 0.3) is 0 Å². The maximum atomic E-state index is 15.9. The molecule has 0 aliphatic carbocycles. The maximum absolute atomic E-state index is 15.9. The van der Waals surface area contributed by atoms with E-state index >= 15 is 4.39 Å². The van der Waals surface area contributed by atoms with Crippen molar-refractivity contribution in [1.29, 1.82) is 5.41 Å². The molecule has 238 valence electrons.